The molecule has 90 valence electrons. The van der Waals surface area contributed by atoms with Crippen molar-refractivity contribution in [3.8, 4) is 0 Å². The second-order valence-corrected chi connectivity index (χ2v) is 5.08. The Kier molecular flexibility index (Phi) is 2.83. The molecule has 0 aliphatic heterocycles. The maximum Gasteiger partial charge on any atom is 0.184 e. The molecule has 0 aromatic heterocycles. The lowest BCUT2D eigenvalue weighted by Crippen LogP contribution is -2.51. The van der Waals surface area contributed by atoms with Gasteiger partial charge in [-0.3, -0.25) is 4.79 Å². The van der Waals surface area contributed by atoms with Crippen molar-refractivity contribution >= 4 is 17.7 Å². The zero-order valence-electron chi connectivity index (χ0n) is 9.53. The number of hydrogen-bond donors (Lipinski definition) is 0. The summed E-state index contributed by atoms with van der Waals surface area (Å²) < 4.78 is 0. The van der Waals surface area contributed by atoms with Crippen molar-refractivity contribution in [3.63, 3.8) is 0 Å². The molecule has 0 heterocycles. The van der Waals surface area contributed by atoms with E-state index in [1.54, 1.807) is 13.8 Å². The maximum absolute atomic E-state index is 11.6. The van der Waals surface area contributed by atoms with Crippen molar-refractivity contribution < 1.29 is 24.6 Å². The molecule has 0 bridgehead atoms. The van der Waals surface area contributed by atoms with Crippen LogP contribution in [0, 0.1) is 16.7 Å². The van der Waals surface area contributed by atoms with Gasteiger partial charge in [0, 0.05) is 17.3 Å². The van der Waals surface area contributed by atoms with Crippen molar-refractivity contribution in [2.45, 2.75) is 33.6 Å². The molecule has 5 nitrogen and oxygen atoms in total. The molecule has 0 radical (unpaired) electrons. The third-order valence-electron chi connectivity index (χ3n) is 4.20. The Bertz CT molecular complexity index is 357. The number of Topliss-reactive ketones (excluding diaryl/α,β-unsaturated/α-hetero) is 1. The number of carbonyl (C=O) groups excluding carboxylic acids is 3. The van der Waals surface area contributed by atoms with Gasteiger partial charge in [0.2, 0.25) is 0 Å². The number of carbonyl (C=O) groups is 3. The monoisotopic (exact) mass is 226 g/mol. The van der Waals surface area contributed by atoms with Crippen LogP contribution in [0.2, 0.25) is 0 Å². The molecule has 5 heteroatoms. The minimum atomic E-state index is -1.76. The largest absolute Gasteiger partial charge is 0.550 e. The van der Waals surface area contributed by atoms with Crippen LogP contribution in [0.1, 0.15) is 33.6 Å². The smallest absolute Gasteiger partial charge is 0.184 e. The molecule has 2 atom stereocenters. The molecular weight excluding hydrogens is 212 g/mol. The fraction of sp³-hybridized carbons (Fsp3) is 0.727. The Labute approximate surface area is 93.5 Å². The highest BCUT2D eigenvalue weighted by Gasteiger charge is 2.56. The predicted octanol–water partition coefficient (Wildman–Crippen LogP) is -1.50. The van der Waals surface area contributed by atoms with Crippen LogP contribution in [0.3, 0.4) is 0 Å². The van der Waals surface area contributed by atoms with E-state index in [2.05, 4.69) is 0 Å². The third kappa shape index (κ3) is 1.50. The fourth-order valence-electron chi connectivity index (χ4n) is 2.54. The van der Waals surface area contributed by atoms with E-state index >= 15 is 0 Å². The highest BCUT2D eigenvalue weighted by molar-refractivity contribution is 6.34. The van der Waals surface area contributed by atoms with Gasteiger partial charge in [-0.2, -0.15) is 0 Å². The van der Waals surface area contributed by atoms with Gasteiger partial charge in [0.25, 0.3) is 0 Å². The van der Waals surface area contributed by atoms with Gasteiger partial charge in [0.15, 0.2) is 5.78 Å². The molecule has 1 fully saturated rings. The molecule has 0 spiro atoms. The minimum Gasteiger partial charge on any atom is -0.550 e. The Morgan fingerprint density at radius 1 is 1.12 bits per heavy atom. The summed E-state index contributed by atoms with van der Waals surface area (Å²) >= 11 is 0. The van der Waals surface area contributed by atoms with Gasteiger partial charge in [-0.25, -0.2) is 0 Å². The van der Waals surface area contributed by atoms with E-state index in [-0.39, 0.29) is 12.8 Å². The molecule has 0 unspecified atom stereocenters. The van der Waals surface area contributed by atoms with E-state index < -0.39 is 34.5 Å². The maximum atomic E-state index is 11.6. The van der Waals surface area contributed by atoms with Crippen LogP contribution in [0.5, 0.6) is 0 Å². The summed E-state index contributed by atoms with van der Waals surface area (Å²) in [5.41, 5.74) is -2.14. The average molecular weight is 226 g/mol. The summed E-state index contributed by atoms with van der Waals surface area (Å²) in [6.07, 6.45) is 0.482. The van der Waals surface area contributed by atoms with Gasteiger partial charge >= 0.3 is 0 Å². The molecule has 16 heavy (non-hydrogen) atoms. The van der Waals surface area contributed by atoms with Crippen molar-refractivity contribution in [1.29, 1.82) is 0 Å². The Morgan fingerprint density at radius 3 is 1.94 bits per heavy atom. The van der Waals surface area contributed by atoms with Crippen molar-refractivity contribution in [2.75, 3.05) is 0 Å². The molecule has 0 amide bonds. The first-order valence-corrected chi connectivity index (χ1v) is 5.11. The summed E-state index contributed by atoms with van der Waals surface area (Å²) in [6, 6.07) is 0. The molecule has 1 saturated carbocycles. The van der Waals surface area contributed by atoms with Crippen LogP contribution in [-0.4, -0.2) is 17.7 Å². The van der Waals surface area contributed by atoms with Crippen LogP contribution >= 0.6 is 0 Å². The number of carboxylic acids is 2. The van der Waals surface area contributed by atoms with Gasteiger partial charge in [0.1, 0.15) is 5.97 Å². The standard InChI is InChI=1S/C11H16O5/c1-10(2)6(8(13)14)4-5-11(10,3)7(12)9(15)16/h6H,4-5H2,1-3H3,(H,13,14)(H,15,16)/p-2/t6-,11-/m1/s1. The zero-order chi connectivity index (χ0) is 12.7. The molecular formula is C11H14O5-2. The highest BCUT2D eigenvalue weighted by Crippen LogP contribution is 2.56. The summed E-state index contributed by atoms with van der Waals surface area (Å²) in [7, 11) is 0. The van der Waals surface area contributed by atoms with Crippen LogP contribution in [0.15, 0.2) is 0 Å². The summed E-state index contributed by atoms with van der Waals surface area (Å²) in [6.45, 7) is 4.65. The molecule has 1 aliphatic rings. The molecule has 0 aromatic carbocycles. The normalized spacial score (nSPS) is 32.3. The number of aliphatic carboxylic acids is 2. The lowest BCUT2D eigenvalue weighted by molar-refractivity contribution is -0.315. The van der Waals surface area contributed by atoms with Crippen LogP contribution < -0.4 is 10.2 Å². The van der Waals surface area contributed by atoms with Crippen molar-refractivity contribution in [2.24, 2.45) is 16.7 Å². The Morgan fingerprint density at radius 2 is 1.62 bits per heavy atom. The molecule has 0 N–H and O–H groups in total. The fourth-order valence-corrected chi connectivity index (χ4v) is 2.54. The van der Waals surface area contributed by atoms with Gasteiger partial charge in [-0.1, -0.05) is 20.8 Å². The number of rotatable bonds is 3. The summed E-state index contributed by atoms with van der Waals surface area (Å²) in [5, 5.41) is 21.5. The first-order chi connectivity index (χ1) is 7.14. The zero-order valence-corrected chi connectivity index (χ0v) is 9.53. The van der Waals surface area contributed by atoms with Crippen LogP contribution in [-0.2, 0) is 14.4 Å². The third-order valence-corrected chi connectivity index (χ3v) is 4.20. The number of hydrogen-bond acceptors (Lipinski definition) is 5. The topological polar surface area (TPSA) is 97.3 Å². The first kappa shape index (κ1) is 12.7. The van der Waals surface area contributed by atoms with Gasteiger partial charge in [0.05, 0.1) is 0 Å². The van der Waals surface area contributed by atoms with E-state index in [1.807, 2.05) is 0 Å². The second kappa shape index (κ2) is 3.57. The van der Waals surface area contributed by atoms with Crippen LogP contribution in [0.4, 0.5) is 0 Å². The van der Waals surface area contributed by atoms with Crippen molar-refractivity contribution in [1.82, 2.24) is 0 Å². The quantitative estimate of drug-likeness (QED) is 0.545. The van der Waals surface area contributed by atoms with E-state index in [1.165, 1.54) is 6.92 Å². The lowest BCUT2D eigenvalue weighted by Gasteiger charge is -2.41. The Balaban J connectivity index is 3.14. The molecule has 0 aromatic rings. The SMILES string of the molecule is CC1(C)[C@@H](C(=O)[O-])CC[C@]1(C)C(=O)C(=O)[O-]. The molecule has 0 saturated heterocycles. The van der Waals surface area contributed by atoms with Crippen molar-refractivity contribution in [3.05, 3.63) is 0 Å². The predicted molar refractivity (Wildman–Crippen MR) is 49.6 cm³/mol. The number of ketones is 1. The van der Waals surface area contributed by atoms with E-state index in [0.717, 1.165) is 0 Å². The number of carboxylic acid groups (broad SMARTS) is 2. The van der Waals surface area contributed by atoms with E-state index in [9.17, 15) is 24.6 Å². The van der Waals surface area contributed by atoms with E-state index in [0.29, 0.717) is 0 Å². The summed E-state index contributed by atoms with van der Waals surface area (Å²) in [4.78, 5) is 33.1. The summed E-state index contributed by atoms with van der Waals surface area (Å²) in [5.74, 6) is -4.82. The second-order valence-electron chi connectivity index (χ2n) is 5.08. The van der Waals surface area contributed by atoms with Gasteiger partial charge in [-0.15, -0.1) is 0 Å². The average Bonchev–Trinajstić information content (AvgIpc) is 2.37. The highest BCUT2D eigenvalue weighted by atomic mass is 16.4. The lowest BCUT2D eigenvalue weighted by atomic mass is 9.63. The Hall–Kier alpha value is -1.39. The van der Waals surface area contributed by atoms with Gasteiger partial charge in [-0.05, 0) is 18.3 Å². The van der Waals surface area contributed by atoms with Gasteiger partial charge < -0.3 is 19.8 Å². The minimum absolute atomic E-state index is 0.228. The first-order valence-electron chi connectivity index (χ1n) is 5.11. The molecule has 1 rings (SSSR count). The van der Waals surface area contributed by atoms with Crippen LogP contribution in [0.25, 0.3) is 0 Å². The van der Waals surface area contributed by atoms with E-state index in [4.69, 9.17) is 0 Å². The molecule has 1 aliphatic carbocycles.